The maximum absolute atomic E-state index is 9.89. The highest BCUT2D eigenvalue weighted by molar-refractivity contribution is 6.18. The molecule has 0 aromatic heterocycles. The van der Waals surface area contributed by atoms with Gasteiger partial charge in [-0.3, -0.25) is 0 Å². The van der Waals surface area contributed by atoms with Gasteiger partial charge in [0, 0.05) is 11.8 Å². The van der Waals surface area contributed by atoms with E-state index in [2.05, 4.69) is 0 Å². The van der Waals surface area contributed by atoms with E-state index >= 15 is 0 Å². The second-order valence-corrected chi connectivity index (χ2v) is 2.03. The van der Waals surface area contributed by atoms with E-state index in [1.54, 1.807) is 6.92 Å². The number of alkyl halides is 1. The standard InChI is InChI=1S/C5H9ClO2/c1-4(3-7)5(8)2-6/h3-5,8H,2H2,1H3. The molecule has 0 saturated heterocycles. The molecule has 0 aliphatic heterocycles. The van der Waals surface area contributed by atoms with Crippen LogP contribution in [0.5, 0.6) is 0 Å². The van der Waals surface area contributed by atoms with Gasteiger partial charge in [0.25, 0.3) is 0 Å². The van der Waals surface area contributed by atoms with Crippen molar-refractivity contribution in [1.82, 2.24) is 0 Å². The lowest BCUT2D eigenvalue weighted by molar-refractivity contribution is -0.113. The number of aldehydes is 1. The fourth-order valence-corrected chi connectivity index (χ4v) is 0.512. The SMILES string of the molecule is CC(C=O)C(O)CCl. The van der Waals surface area contributed by atoms with Crippen LogP contribution >= 0.6 is 11.6 Å². The Kier molecular flexibility index (Phi) is 3.83. The lowest BCUT2D eigenvalue weighted by atomic mass is 10.1. The second kappa shape index (κ2) is 3.87. The Morgan fingerprint density at radius 3 is 2.50 bits per heavy atom. The first kappa shape index (κ1) is 7.92. The lowest BCUT2D eigenvalue weighted by Crippen LogP contribution is -2.19. The van der Waals surface area contributed by atoms with Crippen molar-refractivity contribution in [2.24, 2.45) is 5.92 Å². The molecule has 8 heavy (non-hydrogen) atoms. The van der Waals surface area contributed by atoms with Crippen LogP contribution in [-0.4, -0.2) is 23.4 Å². The molecule has 0 heterocycles. The highest BCUT2D eigenvalue weighted by Gasteiger charge is 2.09. The number of aliphatic hydroxyl groups excluding tert-OH is 1. The summed E-state index contributed by atoms with van der Waals surface area (Å²) in [5.41, 5.74) is 0. The van der Waals surface area contributed by atoms with E-state index in [-0.39, 0.29) is 11.8 Å². The summed E-state index contributed by atoms with van der Waals surface area (Å²) in [7, 11) is 0. The molecule has 0 rings (SSSR count). The van der Waals surface area contributed by atoms with Crippen LogP contribution in [0.15, 0.2) is 0 Å². The van der Waals surface area contributed by atoms with Crippen molar-refractivity contribution >= 4 is 17.9 Å². The van der Waals surface area contributed by atoms with Gasteiger partial charge in [0.1, 0.15) is 6.29 Å². The molecule has 1 N–H and O–H groups in total. The van der Waals surface area contributed by atoms with Crippen LogP contribution in [0.3, 0.4) is 0 Å². The van der Waals surface area contributed by atoms with Gasteiger partial charge in [-0.15, -0.1) is 11.6 Å². The third kappa shape index (κ3) is 2.28. The van der Waals surface area contributed by atoms with Gasteiger partial charge < -0.3 is 9.90 Å². The van der Waals surface area contributed by atoms with Crippen molar-refractivity contribution in [2.75, 3.05) is 5.88 Å². The summed E-state index contributed by atoms with van der Waals surface area (Å²) in [5, 5.41) is 8.76. The second-order valence-electron chi connectivity index (χ2n) is 1.72. The van der Waals surface area contributed by atoms with Crippen LogP contribution in [0.1, 0.15) is 6.92 Å². The molecule has 0 aromatic carbocycles. The fourth-order valence-electron chi connectivity index (χ4n) is 0.231. The summed E-state index contributed by atoms with van der Waals surface area (Å²) in [6.07, 6.45) is 0.00159. The van der Waals surface area contributed by atoms with Crippen LogP contribution in [-0.2, 0) is 4.79 Å². The van der Waals surface area contributed by atoms with Gasteiger partial charge in [-0.2, -0.15) is 0 Å². The Bertz CT molecular complexity index is 74.8. The summed E-state index contributed by atoms with van der Waals surface area (Å²) in [6.45, 7) is 1.63. The first-order chi connectivity index (χ1) is 3.72. The van der Waals surface area contributed by atoms with Gasteiger partial charge >= 0.3 is 0 Å². The molecule has 2 nitrogen and oxygen atoms in total. The topological polar surface area (TPSA) is 37.3 Å². The summed E-state index contributed by atoms with van der Waals surface area (Å²) < 4.78 is 0. The van der Waals surface area contributed by atoms with Gasteiger partial charge in [-0.25, -0.2) is 0 Å². The number of hydrogen-bond acceptors (Lipinski definition) is 2. The summed E-state index contributed by atoms with van der Waals surface area (Å²) in [4.78, 5) is 9.89. The first-order valence-electron chi connectivity index (χ1n) is 2.41. The quantitative estimate of drug-likeness (QED) is 0.451. The molecule has 3 heteroatoms. The number of carbonyl (C=O) groups is 1. The number of aliphatic hydroxyl groups is 1. The fraction of sp³-hybridized carbons (Fsp3) is 0.800. The van der Waals surface area contributed by atoms with Crippen molar-refractivity contribution < 1.29 is 9.90 Å². The summed E-state index contributed by atoms with van der Waals surface area (Å²) in [5.74, 6) is -0.215. The van der Waals surface area contributed by atoms with Crippen LogP contribution in [0.25, 0.3) is 0 Å². The zero-order valence-corrected chi connectivity index (χ0v) is 5.43. The van der Waals surface area contributed by atoms with Crippen LogP contribution < -0.4 is 0 Å². The van der Waals surface area contributed by atoms with Crippen LogP contribution in [0.4, 0.5) is 0 Å². The molecule has 0 spiro atoms. The van der Waals surface area contributed by atoms with Gasteiger partial charge in [0.2, 0.25) is 0 Å². The average Bonchev–Trinajstić information content (AvgIpc) is 1.84. The maximum Gasteiger partial charge on any atom is 0.125 e. The minimum Gasteiger partial charge on any atom is -0.391 e. The number of halogens is 1. The van der Waals surface area contributed by atoms with E-state index in [0.29, 0.717) is 6.29 Å². The van der Waals surface area contributed by atoms with E-state index in [9.17, 15) is 4.79 Å². The highest BCUT2D eigenvalue weighted by Crippen LogP contribution is 1.99. The van der Waals surface area contributed by atoms with Crippen molar-refractivity contribution in [3.05, 3.63) is 0 Å². The zero-order valence-electron chi connectivity index (χ0n) is 4.67. The average molecular weight is 137 g/mol. The van der Waals surface area contributed by atoms with E-state index in [4.69, 9.17) is 16.7 Å². The largest absolute Gasteiger partial charge is 0.391 e. The van der Waals surface area contributed by atoms with Crippen molar-refractivity contribution in [1.29, 1.82) is 0 Å². The van der Waals surface area contributed by atoms with Gasteiger partial charge in [-0.05, 0) is 0 Å². The third-order valence-corrected chi connectivity index (χ3v) is 1.30. The molecular weight excluding hydrogens is 128 g/mol. The summed E-state index contributed by atoms with van der Waals surface area (Å²) >= 11 is 5.22. The molecule has 0 saturated carbocycles. The molecule has 0 amide bonds. The van der Waals surface area contributed by atoms with Crippen molar-refractivity contribution in [2.45, 2.75) is 13.0 Å². The highest BCUT2D eigenvalue weighted by atomic mass is 35.5. The molecule has 0 aliphatic rings. The monoisotopic (exact) mass is 136 g/mol. The molecular formula is C5H9ClO2. The molecule has 0 bridgehead atoms. The smallest absolute Gasteiger partial charge is 0.125 e. The van der Waals surface area contributed by atoms with E-state index in [0.717, 1.165) is 0 Å². The van der Waals surface area contributed by atoms with Gasteiger partial charge in [0.15, 0.2) is 0 Å². The Labute approximate surface area is 53.5 Å². The van der Waals surface area contributed by atoms with Crippen LogP contribution in [0.2, 0.25) is 0 Å². The molecule has 2 unspecified atom stereocenters. The third-order valence-electron chi connectivity index (χ3n) is 0.980. The van der Waals surface area contributed by atoms with Gasteiger partial charge in [0.05, 0.1) is 6.10 Å². The van der Waals surface area contributed by atoms with E-state index < -0.39 is 6.10 Å². The molecule has 0 aliphatic carbocycles. The van der Waals surface area contributed by atoms with E-state index in [1.165, 1.54) is 0 Å². The van der Waals surface area contributed by atoms with Crippen molar-refractivity contribution in [3.63, 3.8) is 0 Å². The molecule has 2 atom stereocenters. The minimum absolute atomic E-state index is 0.125. The minimum atomic E-state index is -0.686. The molecule has 48 valence electrons. The predicted molar refractivity (Wildman–Crippen MR) is 32.0 cm³/mol. The lowest BCUT2D eigenvalue weighted by Gasteiger charge is -2.07. The normalized spacial score (nSPS) is 17.4. The van der Waals surface area contributed by atoms with Crippen molar-refractivity contribution in [3.8, 4) is 0 Å². The van der Waals surface area contributed by atoms with Gasteiger partial charge in [-0.1, -0.05) is 6.92 Å². The Hall–Kier alpha value is -0.0800. The number of carbonyl (C=O) groups excluding carboxylic acids is 1. The Morgan fingerprint density at radius 1 is 1.88 bits per heavy atom. The first-order valence-corrected chi connectivity index (χ1v) is 2.95. The predicted octanol–water partition coefficient (Wildman–Crippen LogP) is 0.421. The number of rotatable bonds is 3. The van der Waals surface area contributed by atoms with E-state index in [1.807, 2.05) is 0 Å². The Morgan fingerprint density at radius 2 is 2.38 bits per heavy atom. The summed E-state index contributed by atoms with van der Waals surface area (Å²) in [6, 6.07) is 0. The number of hydrogen-bond donors (Lipinski definition) is 1. The zero-order chi connectivity index (χ0) is 6.57. The Balaban J connectivity index is 3.44. The maximum atomic E-state index is 9.89. The molecule has 0 radical (unpaired) electrons. The molecule has 0 aromatic rings. The molecule has 0 fully saturated rings. The van der Waals surface area contributed by atoms with Crippen LogP contribution in [0, 0.1) is 5.92 Å².